The maximum Gasteiger partial charge on any atom is 0.261 e. The Labute approximate surface area is 133 Å². The first-order valence-corrected chi connectivity index (χ1v) is 7.35. The molecule has 2 heterocycles. The Balaban J connectivity index is 1.78. The maximum atomic E-state index is 12.7. The van der Waals surface area contributed by atoms with E-state index >= 15 is 0 Å². The van der Waals surface area contributed by atoms with E-state index in [1.165, 1.54) is 7.05 Å². The minimum Gasteiger partial charge on any atom is -0.304 e. The average molecular weight is 306 g/mol. The van der Waals surface area contributed by atoms with E-state index in [0.717, 1.165) is 21.7 Å². The van der Waals surface area contributed by atoms with Crippen LogP contribution in [0.3, 0.4) is 0 Å². The lowest BCUT2D eigenvalue weighted by atomic mass is 10.0. The summed E-state index contributed by atoms with van der Waals surface area (Å²) < 4.78 is 0. The van der Waals surface area contributed by atoms with Crippen LogP contribution in [0.15, 0.2) is 36.4 Å². The van der Waals surface area contributed by atoms with Crippen molar-refractivity contribution < 1.29 is 14.4 Å². The normalized spacial score (nSPS) is 16.2. The highest BCUT2D eigenvalue weighted by molar-refractivity contribution is 6.23. The van der Waals surface area contributed by atoms with Gasteiger partial charge in [-0.3, -0.25) is 19.3 Å². The van der Waals surface area contributed by atoms with Crippen LogP contribution in [-0.2, 0) is 6.54 Å². The number of carbonyl (C=O) groups excluding carboxylic acids is 3. The molecular formula is C18H14N2O3. The monoisotopic (exact) mass is 306 g/mol. The van der Waals surface area contributed by atoms with E-state index in [1.54, 1.807) is 17.0 Å². The molecule has 0 fully saturated rings. The summed E-state index contributed by atoms with van der Waals surface area (Å²) in [5, 5.41) is 0. The Morgan fingerprint density at radius 3 is 2.09 bits per heavy atom. The SMILES string of the molecule is Cc1ccc(N2Cc3cc4c(cc3C2=O)C(=O)N(C)C4=O)cc1. The molecule has 114 valence electrons. The lowest BCUT2D eigenvalue weighted by Gasteiger charge is -2.15. The van der Waals surface area contributed by atoms with Gasteiger partial charge in [0, 0.05) is 18.3 Å². The number of imide groups is 1. The summed E-state index contributed by atoms with van der Waals surface area (Å²) in [6, 6.07) is 10.9. The molecule has 2 aromatic carbocycles. The standard InChI is InChI=1S/C18H14N2O3/c1-10-3-5-12(6-4-10)20-9-11-7-14-15(8-13(11)18(20)23)17(22)19(2)16(14)21/h3-8H,9H2,1-2H3. The molecule has 2 aliphatic rings. The summed E-state index contributed by atoms with van der Waals surface area (Å²) >= 11 is 0. The van der Waals surface area contributed by atoms with Crippen LogP contribution >= 0.6 is 0 Å². The first-order chi connectivity index (χ1) is 11.0. The second-order valence-electron chi connectivity index (χ2n) is 5.95. The molecule has 5 heteroatoms. The van der Waals surface area contributed by atoms with E-state index in [9.17, 15) is 14.4 Å². The van der Waals surface area contributed by atoms with Gasteiger partial charge in [0.25, 0.3) is 17.7 Å². The van der Waals surface area contributed by atoms with Gasteiger partial charge < -0.3 is 4.90 Å². The molecule has 2 aliphatic heterocycles. The minimum absolute atomic E-state index is 0.138. The van der Waals surface area contributed by atoms with E-state index in [0.29, 0.717) is 23.2 Å². The van der Waals surface area contributed by atoms with Gasteiger partial charge in [-0.15, -0.1) is 0 Å². The number of anilines is 1. The van der Waals surface area contributed by atoms with Crippen LogP contribution < -0.4 is 4.90 Å². The van der Waals surface area contributed by atoms with Gasteiger partial charge in [-0.25, -0.2) is 0 Å². The van der Waals surface area contributed by atoms with E-state index in [2.05, 4.69) is 0 Å². The van der Waals surface area contributed by atoms with Crippen LogP contribution in [0, 0.1) is 6.92 Å². The van der Waals surface area contributed by atoms with Crippen molar-refractivity contribution in [3.05, 3.63) is 64.2 Å². The number of hydrogen-bond acceptors (Lipinski definition) is 3. The Bertz CT molecular complexity index is 884. The fraction of sp³-hybridized carbons (Fsp3) is 0.167. The molecule has 0 aliphatic carbocycles. The van der Waals surface area contributed by atoms with E-state index in [4.69, 9.17) is 0 Å². The lowest BCUT2D eigenvalue weighted by molar-refractivity contribution is 0.0693. The lowest BCUT2D eigenvalue weighted by Crippen LogP contribution is -2.24. The van der Waals surface area contributed by atoms with Crippen LogP contribution in [0.2, 0.25) is 0 Å². The number of nitrogens with zero attached hydrogens (tertiary/aromatic N) is 2. The third kappa shape index (κ3) is 1.83. The average Bonchev–Trinajstić information content (AvgIpc) is 2.98. The van der Waals surface area contributed by atoms with E-state index in [-0.39, 0.29) is 17.7 Å². The Morgan fingerprint density at radius 1 is 0.826 bits per heavy atom. The molecule has 0 radical (unpaired) electrons. The van der Waals surface area contributed by atoms with Gasteiger partial charge in [-0.2, -0.15) is 0 Å². The first-order valence-electron chi connectivity index (χ1n) is 7.35. The molecule has 0 saturated carbocycles. The number of benzene rings is 2. The van der Waals surface area contributed by atoms with Gasteiger partial charge in [0.1, 0.15) is 0 Å². The molecule has 0 saturated heterocycles. The third-order valence-corrected chi connectivity index (χ3v) is 4.46. The zero-order valence-electron chi connectivity index (χ0n) is 12.8. The van der Waals surface area contributed by atoms with Crippen LogP contribution in [0.5, 0.6) is 0 Å². The molecule has 2 aromatic rings. The molecule has 0 bridgehead atoms. The molecule has 0 spiro atoms. The van der Waals surface area contributed by atoms with Gasteiger partial charge in [0.15, 0.2) is 0 Å². The molecule has 0 atom stereocenters. The number of carbonyl (C=O) groups is 3. The van der Waals surface area contributed by atoms with Crippen molar-refractivity contribution in [1.82, 2.24) is 4.90 Å². The van der Waals surface area contributed by atoms with Gasteiger partial charge in [-0.1, -0.05) is 17.7 Å². The van der Waals surface area contributed by atoms with Gasteiger partial charge >= 0.3 is 0 Å². The molecule has 5 nitrogen and oxygen atoms in total. The van der Waals surface area contributed by atoms with Crippen molar-refractivity contribution in [2.24, 2.45) is 0 Å². The minimum atomic E-state index is -0.352. The summed E-state index contributed by atoms with van der Waals surface area (Å²) in [4.78, 5) is 39.6. The summed E-state index contributed by atoms with van der Waals surface area (Å²) in [5.74, 6) is -0.801. The smallest absolute Gasteiger partial charge is 0.261 e. The molecule has 0 aromatic heterocycles. The van der Waals surface area contributed by atoms with Gasteiger partial charge in [0.05, 0.1) is 17.7 Å². The van der Waals surface area contributed by atoms with Crippen molar-refractivity contribution in [3.8, 4) is 0 Å². The number of aryl methyl sites for hydroxylation is 1. The van der Waals surface area contributed by atoms with Gasteiger partial charge in [-0.05, 0) is 36.8 Å². The molecule has 3 amide bonds. The zero-order chi connectivity index (χ0) is 16.3. The second kappa shape index (κ2) is 4.52. The van der Waals surface area contributed by atoms with Crippen LogP contribution in [0.4, 0.5) is 5.69 Å². The fourth-order valence-corrected chi connectivity index (χ4v) is 3.10. The molecule has 0 unspecified atom stereocenters. The number of hydrogen-bond donors (Lipinski definition) is 0. The fourth-order valence-electron chi connectivity index (χ4n) is 3.10. The van der Waals surface area contributed by atoms with Crippen molar-refractivity contribution >= 4 is 23.4 Å². The predicted molar refractivity (Wildman–Crippen MR) is 84.6 cm³/mol. The molecule has 4 rings (SSSR count). The van der Waals surface area contributed by atoms with Crippen molar-refractivity contribution in [1.29, 1.82) is 0 Å². The zero-order valence-corrected chi connectivity index (χ0v) is 12.8. The highest BCUT2D eigenvalue weighted by Gasteiger charge is 2.37. The van der Waals surface area contributed by atoms with Crippen molar-refractivity contribution in [2.75, 3.05) is 11.9 Å². The second-order valence-corrected chi connectivity index (χ2v) is 5.95. The summed E-state index contributed by atoms with van der Waals surface area (Å²) in [6.07, 6.45) is 0. The highest BCUT2D eigenvalue weighted by atomic mass is 16.2. The van der Waals surface area contributed by atoms with Crippen LogP contribution in [0.25, 0.3) is 0 Å². The van der Waals surface area contributed by atoms with Crippen molar-refractivity contribution in [3.63, 3.8) is 0 Å². The van der Waals surface area contributed by atoms with Gasteiger partial charge in [0.2, 0.25) is 0 Å². The summed E-state index contributed by atoms with van der Waals surface area (Å²) in [7, 11) is 1.45. The Kier molecular flexibility index (Phi) is 2.69. The Morgan fingerprint density at radius 2 is 1.43 bits per heavy atom. The predicted octanol–water partition coefficient (Wildman–Crippen LogP) is 2.38. The molecule has 0 N–H and O–H groups in total. The van der Waals surface area contributed by atoms with Crippen molar-refractivity contribution in [2.45, 2.75) is 13.5 Å². The first kappa shape index (κ1) is 13.7. The maximum absolute atomic E-state index is 12.7. The number of fused-ring (bicyclic) bond motifs is 2. The van der Waals surface area contributed by atoms with Crippen LogP contribution in [0.1, 0.15) is 42.2 Å². The summed E-state index contributed by atoms with van der Waals surface area (Å²) in [6.45, 7) is 2.40. The van der Waals surface area contributed by atoms with E-state index < -0.39 is 0 Å². The number of amides is 3. The molecular weight excluding hydrogens is 292 g/mol. The highest BCUT2D eigenvalue weighted by Crippen LogP contribution is 2.33. The molecule has 23 heavy (non-hydrogen) atoms. The number of rotatable bonds is 1. The Hall–Kier alpha value is -2.95. The third-order valence-electron chi connectivity index (χ3n) is 4.46. The largest absolute Gasteiger partial charge is 0.304 e. The quantitative estimate of drug-likeness (QED) is 0.760. The summed E-state index contributed by atoms with van der Waals surface area (Å²) in [5.41, 5.74) is 3.92. The topological polar surface area (TPSA) is 57.7 Å². The van der Waals surface area contributed by atoms with E-state index in [1.807, 2.05) is 31.2 Å². The van der Waals surface area contributed by atoms with Crippen LogP contribution in [-0.4, -0.2) is 29.7 Å².